The molecule has 16 heavy (non-hydrogen) atoms. The number of hydrogen-bond acceptors (Lipinski definition) is 4. The largest absolute Gasteiger partial charge is 0.319 e. The van der Waals surface area contributed by atoms with E-state index >= 15 is 0 Å². The number of hydrogen-bond donors (Lipinski definition) is 0. The van der Waals surface area contributed by atoms with E-state index in [0.717, 1.165) is 4.57 Å². The summed E-state index contributed by atoms with van der Waals surface area (Å²) in [5.74, 6) is 0.150. The Kier molecular flexibility index (Phi) is 2.71. The highest BCUT2D eigenvalue weighted by Crippen LogP contribution is 2.12. The van der Waals surface area contributed by atoms with Crippen LogP contribution in [0.25, 0.3) is 0 Å². The fourth-order valence-electron chi connectivity index (χ4n) is 1.23. The van der Waals surface area contributed by atoms with Crippen LogP contribution in [0.15, 0.2) is 18.6 Å². The van der Waals surface area contributed by atoms with Crippen molar-refractivity contribution < 1.29 is 13.6 Å². The highest BCUT2D eigenvalue weighted by molar-refractivity contribution is 5.70. The standard InChI is InChI=1S/C8H7F2N5O/c9-8(10)15-2-1-11-7(15)4-14-3-6(5-16)12-13-14/h1-3,5,8H,4H2. The van der Waals surface area contributed by atoms with E-state index in [9.17, 15) is 13.6 Å². The lowest BCUT2D eigenvalue weighted by atomic mass is 10.5. The molecule has 0 unspecified atom stereocenters. The van der Waals surface area contributed by atoms with Gasteiger partial charge in [0, 0.05) is 12.4 Å². The Morgan fingerprint density at radius 1 is 1.50 bits per heavy atom. The van der Waals surface area contributed by atoms with E-state index in [1.165, 1.54) is 23.3 Å². The van der Waals surface area contributed by atoms with E-state index < -0.39 is 6.55 Å². The van der Waals surface area contributed by atoms with E-state index in [2.05, 4.69) is 15.3 Å². The van der Waals surface area contributed by atoms with Crippen LogP contribution < -0.4 is 0 Å². The van der Waals surface area contributed by atoms with Gasteiger partial charge in [0.05, 0.1) is 6.20 Å². The predicted octanol–water partition coefficient (Wildman–Crippen LogP) is 0.730. The van der Waals surface area contributed by atoms with E-state index in [1.54, 1.807) is 0 Å². The van der Waals surface area contributed by atoms with Gasteiger partial charge >= 0.3 is 6.55 Å². The molecule has 0 spiro atoms. The molecule has 0 aliphatic heterocycles. The molecule has 0 saturated carbocycles. The number of alkyl halides is 2. The Hall–Kier alpha value is -2.12. The first-order valence-corrected chi connectivity index (χ1v) is 4.36. The molecule has 0 aromatic carbocycles. The first kappa shape index (κ1) is 10.4. The molecular formula is C8H7F2N5O. The molecule has 2 heterocycles. The average molecular weight is 227 g/mol. The monoisotopic (exact) mass is 227 g/mol. The van der Waals surface area contributed by atoms with Crippen LogP contribution >= 0.6 is 0 Å². The minimum atomic E-state index is -2.65. The topological polar surface area (TPSA) is 65.6 Å². The number of aromatic nitrogens is 5. The van der Waals surface area contributed by atoms with E-state index in [4.69, 9.17) is 0 Å². The van der Waals surface area contributed by atoms with Crippen LogP contribution in [0.1, 0.15) is 22.9 Å². The number of carbonyl (C=O) groups excluding carboxylic acids is 1. The molecule has 84 valence electrons. The van der Waals surface area contributed by atoms with Crippen molar-refractivity contribution in [2.45, 2.75) is 13.1 Å². The molecule has 0 aliphatic carbocycles. The van der Waals surface area contributed by atoms with E-state index in [1.807, 2.05) is 0 Å². The van der Waals surface area contributed by atoms with Crippen molar-refractivity contribution in [3.8, 4) is 0 Å². The third kappa shape index (κ3) is 1.95. The summed E-state index contributed by atoms with van der Waals surface area (Å²) < 4.78 is 26.9. The molecule has 0 N–H and O–H groups in total. The maximum atomic E-state index is 12.5. The van der Waals surface area contributed by atoms with Crippen LogP contribution in [0.3, 0.4) is 0 Å². The minimum absolute atomic E-state index is 0.0399. The number of rotatable bonds is 4. The third-order valence-corrected chi connectivity index (χ3v) is 1.94. The molecule has 2 rings (SSSR count). The summed E-state index contributed by atoms with van der Waals surface area (Å²) in [6.07, 6.45) is 4.34. The molecule has 2 aromatic heterocycles. The highest BCUT2D eigenvalue weighted by Gasteiger charge is 2.12. The number of carbonyl (C=O) groups is 1. The second kappa shape index (κ2) is 4.17. The molecule has 8 heteroatoms. The Morgan fingerprint density at radius 3 is 2.94 bits per heavy atom. The van der Waals surface area contributed by atoms with Crippen molar-refractivity contribution >= 4 is 6.29 Å². The van der Waals surface area contributed by atoms with Gasteiger partial charge in [0.2, 0.25) is 0 Å². The van der Waals surface area contributed by atoms with Gasteiger partial charge in [0.1, 0.15) is 18.1 Å². The van der Waals surface area contributed by atoms with Crippen LogP contribution in [0, 0.1) is 0 Å². The van der Waals surface area contributed by atoms with Gasteiger partial charge in [-0.05, 0) is 0 Å². The maximum absolute atomic E-state index is 12.5. The summed E-state index contributed by atoms with van der Waals surface area (Å²) in [5, 5.41) is 7.11. The Labute approximate surface area is 88.5 Å². The molecule has 6 nitrogen and oxygen atoms in total. The summed E-state index contributed by atoms with van der Waals surface area (Å²) >= 11 is 0. The van der Waals surface area contributed by atoms with Gasteiger partial charge in [-0.2, -0.15) is 8.78 Å². The number of aldehydes is 1. The quantitative estimate of drug-likeness (QED) is 0.722. The third-order valence-electron chi connectivity index (χ3n) is 1.94. The lowest BCUT2D eigenvalue weighted by Gasteiger charge is -2.05. The van der Waals surface area contributed by atoms with Gasteiger partial charge in [-0.25, -0.2) is 9.67 Å². The van der Waals surface area contributed by atoms with Gasteiger partial charge in [0.15, 0.2) is 6.29 Å². The molecule has 0 bridgehead atoms. The van der Waals surface area contributed by atoms with Crippen molar-refractivity contribution in [2.24, 2.45) is 0 Å². The van der Waals surface area contributed by atoms with Crippen molar-refractivity contribution in [1.82, 2.24) is 24.5 Å². The van der Waals surface area contributed by atoms with Crippen molar-refractivity contribution in [1.29, 1.82) is 0 Å². The Bertz CT molecular complexity index is 492. The van der Waals surface area contributed by atoms with Crippen LogP contribution in [0.2, 0.25) is 0 Å². The van der Waals surface area contributed by atoms with Gasteiger partial charge in [-0.15, -0.1) is 5.10 Å². The summed E-state index contributed by atoms with van der Waals surface area (Å²) in [5.41, 5.74) is 0.148. The molecule has 0 aliphatic rings. The second-order valence-corrected chi connectivity index (χ2v) is 2.99. The average Bonchev–Trinajstić information content (AvgIpc) is 2.87. The van der Waals surface area contributed by atoms with Gasteiger partial charge in [-0.1, -0.05) is 5.21 Å². The molecular weight excluding hydrogens is 220 g/mol. The fourth-order valence-corrected chi connectivity index (χ4v) is 1.23. The molecule has 2 aromatic rings. The fraction of sp³-hybridized carbons (Fsp3) is 0.250. The van der Waals surface area contributed by atoms with E-state index in [-0.39, 0.29) is 18.1 Å². The lowest BCUT2D eigenvalue weighted by molar-refractivity contribution is 0.0665. The Balaban J connectivity index is 2.20. The zero-order valence-corrected chi connectivity index (χ0v) is 7.99. The number of imidazole rings is 1. The number of halogens is 2. The van der Waals surface area contributed by atoms with Crippen molar-refractivity contribution in [3.63, 3.8) is 0 Å². The number of nitrogens with zero attached hydrogens (tertiary/aromatic N) is 5. The van der Waals surface area contributed by atoms with Crippen LogP contribution in [-0.4, -0.2) is 30.8 Å². The molecule has 0 radical (unpaired) electrons. The predicted molar refractivity (Wildman–Crippen MR) is 48.0 cm³/mol. The highest BCUT2D eigenvalue weighted by atomic mass is 19.3. The second-order valence-electron chi connectivity index (χ2n) is 2.99. The maximum Gasteiger partial charge on any atom is 0.319 e. The molecule has 0 atom stereocenters. The van der Waals surface area contributed by atoms with Crippen molar-refractivity contribution in [3.05, 3.63) is 30.1 Å². The molecule has 0 fully saturated rings. The first-order chi connectivity index (χ1) is 7.70. The van der Waals surface area contributed by atoms with Gasteiger partial charge in [0.25, 0.3) is 0 Å². The van der Waals surface area contributed by atoms with Gasteiger partial charge < -0.3 is 0 Å². The summed E-state index contributed by atoms with van der Waals surface area (Å²) in [4.78, 5) is 14.1. The summed E-state index contributed by atoms with van der Waals surface area (Å²) in [7, 11) is 0. The SMILES string of the molecule is O=Cc1cn(Cc2nccn2C(F)F)nn1. The van der Waals surface area contributed by atoms with Gasteiger partial charge in [-0.3, -0.25) is 9.36 Å². The van der Waals surface area contributed by atoms with Crippen LogP contribution in [0.5, 0.6) is 0 Å². The molecule has 0 amide bonds. The first-order valence-electron chi connectivity index (χ1n) is 4.36. The Morgan fingerprint density at radius 2 is 2.31 bits per heavy atom. The van der Waals surface area contributed by atoms with Crippen molar-refractivity contribution in [2.75, 3.05) is 0 Å². The zero-order chi connectivity index (χ0) is 11.5. The smallest absolute Gasteiger partial charge is 0.296 e. The normalized spacial score (nSPS) is 10.9. The van der Waals surface area contributed by atoms with E-state index in [0.29, 0.717) is 6.29 Å². The zero-order valence-electron chi connectivity index (χ0n) is 7.99. The summed E-state index contributed by atoms with van der Waals surface area (Å²) in [6.45, 7) is -2.61. The minimum Gasteiger partial charge on any atom is -0.296 e. The van der Waals surface area contributed by atoms with Crippen LogP contribution in [0.4, 0.5) is 8.78 Å². The summed E-state index contributed by atoms with van der Waals surface area (Å²) in [6, 6.07) is 0. The lowest BCUT2D eigenvalue weighted by Crippen LogP contribution is -2.09. The molecule has 0 saturated heterocycles. The van der Waals surface area contributed by atoms with Crippen LogP contribution in [-0.2, 0) is 6.54 Å².